The molecular formula is C19H23N3O2S. The molecule has 2 aromatic rings. The van der Waals surface area contributed by atoms with Crippen molar-refractivity contribution >= 4 is 33.7 Å². The van der Waals surface area contributed by atoms with Gasteiger partial charge in [0.25, 0.3) is 5.91 Å². The lowest BCUT2D eigenvalue weighted by molar-refractivity contribution is 0.0621. The second kappa shape index (κ2) is 6.84. The Labute approximate surface area is 151 Å². The molecule has 3 aliphatic rings. The van der Waals surface area contributed by atoms with Gasteiger partial charge in [0.05, 0.1) is 10.5 Å². The van der Waals surface area contributed by atoms with Gasteiger partial charge in [-0.1, -0.05) is 12.1 Å². The molecule has 1 atom stereocenters. The maximum absolute atomic E-state index is 12.9. The van der Waals surface area contributed by atoms with E-state index in [2.05, 4.69) is 15.2 Å². The molecule has 0 radical (unpaired) electrons. The number of benzene rings is 1. The van der Waals surface area contributed by atoms with Crippen LogP contribution in [-0.4, -0.2) is 47.7 Å². The topological polar surface area (TPSA) is 58.4 Å². The highest BCUT2D eigenvalue weighted by atomic mass is 32.2. The van der Waals surface area contributed by atoms with Crippen molar-refractivity contribution in [2.75, 3.05) is 25.9 Å². The van der Waals surface area contributed by atoms with Gasteiger partial charge in [-0.2, -0.15) is 0 Å². The average Bonchev–Trinajstić information content (AvgIpc) is 3.07. The van der Waals surface area contributed by atoms with Crippen LogP contribution in [0.5, 0.6) is 0 Å². The first-order valence-corrected chi connectivity index (χ1v) is 10.1. The molecule has 1 unspecified atom stereocenters. The summed E-state index contributed by atoms with van der Waals surface area (Å²) in [4.78, 5) is 20.9. The lowest BCUT2D eigenvalue weighted by Gasteiger charge is -2.44. The summed E-state index contributed by atoms with van der Waals surface area (Å²) in [5, 5.41) is 3.24. The van der Waals surface area contributed by atoms with E-state index in [1.165, 1.54) is 25.9 Å². The average molecular weight is 357 g/mol. The zero-order valence-electron chi connectivity index (χ0n) is 14.6. The van der Waals surface area contributed by atoms with Crippen molar-refractivity contribution in [1.29, 1.82) is 0 Å². The molecule has 5 rings (SSSR count). The number of fused-ring (bicyclic) bond motifs is 4. The summed E-state index contributed by atoms with van der Waals surface area (Å²) in [7, 11) is 0. The van der Waals surface area contributed by atoms with Crippen molar-refractivity contribution in [2.24, 2.45) is 5.92 Å². The molecular weight excluding hydrogens is 334 g/mol. The fraction of sp³-hybridized carbons (Fsp3) is 0.474. The Hall–Kier alpha value is -1.79. The molecule has 3 aliphatic heterocycles. The Kier molecular flexibility index (Phi) is 4.56. The van der Waals surface area contributed by atoms with E-state index >= 15 is 0 Å². The minimum atomic E-state index is -0.0459. The van der Waals surface area contributed by atoms with Gasteiger partial charge < -0.3 is 14.6 Å². The number of hydrogen-bond acceptors (Lipinski definition) is 5. The van der Waals surface area contributed by atoms with E-state index in [1.807, 2.05) is 37.5 Å². The van der Waals surface area contributed by atoms with E-state index in [0.29, 0.717) is 28.5 Å². The molecule has 0 spiro atoms. The number of rotatable bonds is 4. The van der Waals surface area contributed by atoms with Crippen molar-refractivity contribution in [2.45, 2.75) is 25.8 Å². The fourth-order valence-electron chi connectivity index (χ4n) is 3.94. The molecule has 132 valence electrons. The predicted molar refractivity (Wildman–Crippen MR) is 102 cm³/mol. The van der Waals surface area contributed by atoms with Crippen LogP contribution in [0.15, 0.2) is 28.7 Å². The minimum Gasteiger partial charge on any atom is -0.436 e. The Balaban J connectivity index is 1.61. The number of hydrogen-bond donors (Lipinski definition) is 1. The van der Waals surface area contributed by atoms with Crippen LogP contribution in [-0.2, 0) is 0 Å². The Morgan fingerprint density at radius 3 is 2.84 bits per heavy atom. The third kappa shape index (κ3) is 3.09. The smallest absolute Gasteiger partial charge is 0.253 e. The second-order valence-electron chi connectivity index (χ2n) is 6.75. The number of carbonyl (C=O) groups excluding carboxylic acids is 1. The molecule has 1 aromatic carbocycles. The molecule has 1 N–H and O–H groups in total. The molecule has 1 amide bonds. The largest absolute Gasteiger partial charge is 0.436 e. The first-order chi connectivity index (χ1) is 12.2. The Bertz CT molecular complexity index is 821. The number of nitrogens with one attached hydrogen (secondary N) is 1. The Morgan fingerprint density at radius 1 is 1.40 bits per heavy atom. The molecule has 0 saturated carbocycles. The summed E-state index contributed by atoms with van der Waals surface area (Å²) < 4.78 is 5.85. The lowest BCUT2D eigenvalue weighted by atomic mass is 9.84. The normalized spacial score (nSPS) is 26.2. The SMILES string of the molecule is C/C=C(\SC)c1nc2c(C(=O)NC3CN4CCC3CC4)cccc2o1. The number of thioether (sulfide) groups is 1. The predicted octanol–water partition coefficient (Wildman–Crippen LogP) is 3.38. The second-order valence-corrected chi connectivity index (χ2v) is 7.59. The van der Waals surface area contributed by atoms with Crippen molar-refractivity contribution in [3.8, 4) is 0 Å². The van der Waals surface area contributed by atoms with E-state index in [-0.39, 0.29) is 11.9 Å². The van der Waals surface area contributed by atoms with E-state index in [9.17, 15) is 4.79 Å². The number of carbonyl (C=O) groups is 1. The minimum absolute atomic E-state index is 0.0459. The van der Waals surface area contributed by atoms with E-state index in [0.717, 1.165) is 11.4 Å². The highest BCUT2D eigenvalue weighted by Gasteiger charge is 2.35. The number of nitrogens with zero attached hydrogens (tertiary/aromatic N) is 2. The molecule has 2 bridgehead atoms. The zero-order valence-corrected chi connectivity index (χ0v) is 15.4. The van der Waals surface area contributed by atoms with Crippen molar-refractivity contribution in [3.63, 3.8) is 0 Å². The third-order valence-electron chi connectivity index (χ3n) is 5.33. The molecule has 6 heteroatoms. The molecule has 0 aliphatic carbocycles. The van der Waals surface area contributed by atoms with Gasteiger partial charge in [-0.05, 0) is 57.2 Å². The van der Waals surface area contributed by atoms with Crippen molar-refractivity contribution in [3.05, 3.63) is 35.7 Å². The maximum atomic E-state index is 12.9. The highest BCUT2D eigenvalue weighted by molar-refractivity contribution is 8.07. The molecule has 4 heterocycles. The van der Waals surface area contributed by atoms with Gasteiger partial charge in [-0.3, -0.25) is 4.79 Å². The van der Waals surface area contributed by atoms with Gasteiger partial charge in [0, 0.05) is 12.6 Å². The van der Waals surface area contributed by atoms with Crippen LogP contribution in [0, 0.1) is 5.92 Å². The van der Waals surface area contributed by atoms with Crippen LogP contribution in [0.3, 0.4) is 0 Å². The molecule has 3 fully saturated rings. The number of piperidine rings is 3. The zero-order chi connectivity index (χ0) is 17.4. The van der Waals surface area contributed by atoms with Crippen molar-refractivity contribution in [1.82, 2.24) is 15.2 Å². The van der Waals surface area contributed by atoms with Gasteiger partial charge >= 0.3 is 0 Å². The van der Waals surface area contributed by atoms with Crippen LogP contribution < -0.4 is 5.32 Å². The summed E-state index contributed by atoms with van der Waals surface area (Å²) in [6, 6.07) is 5.80. The van der Waals surface area contributed by atoms with Gasteiger partial charge in [-0.15, -0.1) is 11.8 Å². The van der Waals surface area contributed by atoms with Gasteiger partial charge in [0.2, 0.25) is 5.89 Å². The first kappa shape index (κ1) is 16.7. The summed E-state index contributed by atoms with van der Waals surface area (Å²) in [6.45, 7) is 5.26. The molecule has 5 nitrogen and oxygen atoms in total. The first-order valence-electron chi connectivity index (χ1n) is 8.83. The molecule has 25 heavy (non-hydrogen) atoms. The van der Waals surface area contributed by atoms with Gasteiger partial charge in [0.15, 0.2) is 5.58 Å². The quantitative estimate of drug-likeness (QED) is 0.909. The fourth-order valence-corrected chi connectivity index (χ4v) is 4.44. The summed E-state index contributed by atoms with van der Waals surface area (Å²) in [6.07, 6.45) is 6.33. The summed E-state index contributed by atoms with van der Waals surface area (Å²) >= 11 is 1.59. The molecule has 3 saturated heterocycles. The molecule has 1 aromatic heterocycles. The number of allylic oxidation sites excluding steroid dienone is 1. The van der Waals surface area contributed by atoms with Crippen molar-refractivity contribution < 1.29 is 9.21 Å². The number of aromatic nitrogens is 1. The summed E-state index contributed by atoms with van der Waals surface area (Å²) in [5.41, 5.74) is 1.90. The van der Waals surface area contributed by atoms with E-state index in [4.69, 9.17) is 4.42 Å². The van der Waals surface area contributed by atoms with Crippen LogP contribution in [0.4, 0.5) is 0 Å². The Morgan fingerprint density at radius 2 is 2.20 bits per heavy atom. The number of oxazole rings is 1. The maximum Gasteiger partial charge on any atom is 0.253 e. The third-order valence-corrected chi connectivity index (χ3v) is 6.18. The summed E-state index contributed by atoms with van der Waals surface area (Å²) in [5.74, 6) is 1.13. The van der Waals surface area contributed by atoms with Crippen LogP contribution in [0.2, 0.25) is 0 Å². The van der Waals surface area contributed by atoms with Gasteiger partial charge in [-0.25, -0.2) is 4.98 Å². The van der Waals surface area contributed by atoms with Crippen LogP contribution in [0.1, 0.15) is 36.0 Å². The van der Waals surface area contributed by atoms with Gasteiger partial charge in [0.1, 0.15) is 5.52 Å². The van der Waals surface area contributed by atoms with E-state index in [1.54, 1.807) is 11.8 Å². The van der Waals surface area contributed by atoms with E-state index < -0.39 is 0 Å². The number of amides is 1. The number of para-hydroxylation sites is 1. The van der Waals surface area contributed by atoms with Crippen LogP contribution in [0.25, 0.3) is 16.0 Å². The highest BCUT2D eigenvalue weighted by Crippen LogP contribution is 2.30. The lowest BCUT2D eigenvalue weighted by Crippen LogP contribution is -2.57. The standard InChI is InChI=1S/C19H23N3O2S/c1-3-16(25-2)19-21-17-13(5-4-6-15(17)24-19)18(23)20-14-11-22-9-7-12(14)8-10-22/h3-6,12,14H,7-11H2,1-2H3,(H,20,23)/b16-3-. The monoisotopic (exact) mass is 357 g/mol. The van der Waals surface area contributed by atoms with Crippen LogP contribution >= 0.6 is 11.8 Å².